The van der Waals surface area contributed by atoms with Crippen molar-refractivity contribution in [1.29, 1.82) is 0 Å². The number of anilines is 1. The van der Waals surface area contributed by atoms with Crippen LogP contribution in [0.25, 0.3) is 0 Å². The zero-order valence-corrected chi connectivity index (χ0v) is 11.5. The van der Waals surface area contributed by atoms with Gasteiger partial charge in [0.2, 0.25) is 11.9 Å². The van der Waals surface area contributed by atoms with Gasteiger partial charge < -0.3 is 16.0 Å². The van der Waals surface area contributed by atoms with Crippen LogP contribution in [0.1, 0.15) is 19.5 Å². The minimum Gasteiger partial charge on any atom is -0.388 e. The van der Waals surface area contributed by atoms with Crippen LogP contribution in [0, 0.1) is 0 Å². The first-order chi connectivity index (χ1) is 8.40. The van der Waals surface area contributed by atoms with Gasteiger partial charge in [-0.1, -0.05) is 12.2 Å². The van der Waals surface area contributed by atoms with E-state index >= 15 is 0 Å². The molecule has 0 saturated heterocycles. The van der Waals surface area contributed by atoms with Crippen molar-refractivity contribution in [3.63, 3.8) is 0 Å². The number of likely N-dealkylation sites (N-methyl/N-ethyl adjacent to an activating group) is 1. The van der Waals surface area contributed by atoms with Crippen molar-refractivity contribution < 1.29 is 4.79 Å². The first kappa shape index (κ1) is 14.3. The Morgan fingerprint density at radius 2 is 2.28 bits per heavy atom. The highest BCUT2D eigenvalue weighted by Gasteiger charge is 2.11. The number of nitrogens with two attached hydrogens (primary N) is 1. The smallest absolute Gasteiger partial charge is 0.239 e. The molecule has 0 aromatic carbocycles. The maximum Gasteiger partial charge on any atom is 0.239 e. The molecule has 1 heterocycles. The van der Waals surface area contributed by atoms with Crippen molar-refractivity contribution in [2.45, 2.75) is 19.9 Å². The summed E-state index contributed by atoms with van der Waals surface area (Å²) in [6, 6.07) is 1.74. The maximum atomic E-state index is 11.6. The van der Waals surface area contributed by atoms with Crippen LogP contribution < -0.4 is 16.0 Å². The number of rotatable bonds is 5. The summed E-state index contributed by atoms with van der Waals surface area (Å²) < 4.78 is 0. The van der Waals surface area contributed by atoms with Gasteiger partial charge in [-0.15, -0.1) is 0 Å². The Morgan fingerprint density at radius 3 is 2.83 bits per heavy atom. The average Bonchev–Trinajstić information content (AvgIpc) is 2.27. The van der Waals surface area contributed by atoms with Gasteiger partial charge in [0.15, 0.2) is 0 Å². The van der Waals surface area contributed by atoms with Gasteiger partial charge >= 0.3 is 0 Å². The van der Waals surface area contributed by atoms with Crippen LogP contribution >= 0.6 is 12.2 Å². The molecule has 0 spiro atoms. The Balaban J connectivity index is 2.72. The molecule has 1 amide bonds. The summed E-state index contributed by atoms with van der Waals surface area (Å²) in [7, 11) is 1.73. The van der Waals surface area contributed by atoms with E-state index in [4.69, 9.17) is 18.0 Å². The number of hydrogen-bond donors (Lipinski definition) is 2. The van der Waals surface area contributed by atoms with E-state index in [9.17, 15) is 4.79 Å². The SMILES string of the molecule is CC(C)NC(=O)CN(C)c1nccc(C(N)=S)n1. The standard InChI is InChI=1S/C11H17N5OS/c1-7(2)14-9(17)6-16(3)11-13-5-4-8(15-11)10(12)18/h4-5,7H,6H2,1-3H3,(H2,12,18)(H,14,17). The molecular formula is C11H17N5OS. The predicted molar refractivity (Wildman–Crippen MR) is 74.5 cm³/mol. The summed E-state index contributed by atoms with van der Waals surface area (Å²) in [5.41, 5.74) is 5.99. The number of aromatic nitrogens is 2. The molecule has 1 rings (SSSR count). The quantitative estimate of drug-likeness (QED) is 0.735. The fraction of sp³-hybridized carbons (Fsp3) is 0.455. The molecule has 7 heteroatoms. The summed E-state index contributed by atoms with van der Waals surface area (Å²) in [5, 5.41) is 2.79. The first-order valence-corrected chi connectivity index (χ1v) is 5.94. The topological polar surface area (TPSA) is 84.1 Å². The Bertz CT molecular complexity index is 449. The third kappa shape index (κ3) is 4.25. The first-order valence-electron chi connectivity index (χ1n) is 5.53. The van der Waals surface area contributed by atoms with Gasteiger partial charge in [-0.25, -0.2) is 9.97 Å². The average molecular weight is 267 g/mol. The Kier molecular flexibility index (Phi) is 4.96. The van der Waals surface area contributed by atoms with Gasteiger partial charge in [0.1, 0.15) is 10.7 Å². The van der Waals surface area contributed by atoms with Gasteiger partial charge in [0, 0.05) is 19.3 Å². The van der Waals surface area contributed by atoms with Crippen LogP contribution in [0.15, 0.2) is 12.3 Å². The van der Waals surface area contributed by atoms with Crippen LogP contribution in [-0.4, -0.2) is 40.5 Å². The van der Waals surface area contributed by atoms with Gasteiger partial charge in [0.05, 0.1) is 6.54 Å². The minimum atomic E-state index is -0.0863. The van der Waals surface area contributed by atoms with Crippen LogP contribution in [0.5, 0.6) is 0 Å². The summed E-state index contributed by atoms with van der Waals surface area (Å²) in [5.74, 6) is 0.330. The van der Waals surface area contributed by atoms with E-state index in [0.717, 1.165) is 0 Å². The number of hydrogen-bond acceptors (Lipinski definition) is 5. The van der Waals surface area contributed by atoms with Crippen molar-refractivity contribution >= 4 is 29.1 Å². The zero-order chi connectivity index (χ0) is 13.7. The van der Waals surface area contributed by atoms with Crippen molar-refractivity contribution in [1.82, 2.24) is 15.3 Å². The predicted octanol–water partition coefficient (Wildman–Crippen LogP) is 0.0716. The molecule has 0 aliphatic heterocycles. The van der Waals surface area contributed by atoms with Crippen molar-refractivity contribution in [2.24, 2.45) is 5.73 Å². The Hall–Kier alpha value is -1.76. The van der Waals surface area contributed by atoms with E-state index in [2.05, 4.69) is 15.3 Å². The fourth-order valence-corrected chi connectivity index (χ4v) is 1.44. The molecule has 98 valence electrons. The molecule has 0 aliphatic rings. The van der Waals surface area contributed by atoms with E-state index in [0.29, 0.717) is 11.6 Å². The van der Waals surface area contributed by atoms with Crippen LogP contribution in [0.2, 0.25) is 0 Å². The van der Waals surface area contributed by atoms with Crippen molar-refractivity contribution in [2.75, 3.05) is 18.5 Å². The molecule has 0 saturated carbocycles. The Morgan fingerprint density at radius 1 is 1.61 bits per heavy atom. The lowest BCUT2D eigenvalue weighted by atomic mass is 10.4. The number of carbonyl (C=O) groups is 1. The van der Waals surface area contributed by atoms with Gasteiger partial charge in [-0.3, -0.25) is 4.79 Å². The monoisotopic (exact) mass is 267 g/mol. The number of amides is 1. The molecule has 0 aliphatic carbocycles. The van der Waals surface area contributed by atoms with E-state index in [1.807, 2.05) is 13.8 Å². The van der Waals surface area contributed by atoms with E-state index in [-0.39, 0.29) is 23.5 Å². The van der Waals surface area contributed by atoms with Crippen molar-refractivity contribution in [3.8, 4) is 0 Å². The molecule has 0 atom stereocenters. The lowest BCUT2D eigenvalue weighted by Crippen LogP contribution is -2.39. The van der Waals surface area contributed by atoms with Gasteiger partial charge in [0.25, 0.3) is 0 Å². The fourth-order valence-electron chi connectivity index (χ4n) is 1.32. The minimum absolute atomic E-state index is 0.0863. The number of carbonyl (C=O) groups excluding carboxylic acids is 1. The lowest BCUT2D eigenvalue weighted by Gasteiger charge is -2.17. The highest BCUT2D eigenvalue weighted by atomic mass is 32.1. The molecule has 18 heavy (non-hydrogen) atoms. The summed E-state index contributed by atoms with van der Waals surface area (Å²) in [4.78, 5) is 21.7. The second-order valence-corrected chi connectivity index (χ2v) is 4.62. The van der Waals surface area contributed by atoms with Crippen LogP contribution in [0.4, 0.5) is 5.95 Å². The lowest BCUT2D eigenvalue weighted by molar-refractivity contribution is -0.120. The highest BCUT2D eigenvalue weighted by molar-refractivity contribution is 7.80. The zero-order valence-electron chi connectivity index (χ0n) is 10.7. The van der Waals surface area contributed by atoms with Crippen LogP contribution in [0.3, 0.4) is 0 Å². The van der Waals surface area contributed by atoms with E-state index in [1.54, 1.807) is 24.2 Å². The molecule has 1 aromatic rings. The number of thiocarbonyl (C=S) groups is 1. The molecular weight excluding hydrogens is 250 g/mol. The van der Waals surface area contributed by atoms with Crippen molar-refractivity contribution in [3.05, 3.63) is 18.0 Å². The van der Waals surface area contributed by atoms with Gasteiger partial charge in [-0.05, 0) is 19.9 Å². The second-order valence-electron chi connectivity index (χ2n) is 4.18. The second kappa shape index (κ2) is 6.25. The third-order valence-corrected chi connectivity index (χ3v) is 2.28. The summed E-state index contributed by atoms with van der Waals surface area (Å²) >= 11 is 4.84. The molecule has 6 nitrogen and oxygen atoms in total. The summed E-state index contributed by atoms with van der Waals surface area (Å²) in [6.07, 6.45) is 1.56. The highest BCUT2D eigenvalue weighted by Crippen LogP contribution is 2.05. The molecule has 0 unspecified atom stereocenters. The van der Waals surface area contributed by atoms with Crippen LogP contribution in [-0.2, 0) is 4.79 Å². The Labute approximate surface area is 112 Å². The summed E-state index contributed by atoms with van der Waals surface area (Å²) in [6.45, 7) is 3.99. The molecule has 0 radical (unpaired) electrons. The maximum absolute atomic E-state index is 11.6. The number of nitrogens with one attached hydrogen (secondary N) is 1. The van der Waals surface area contributed by atoms with E-state index in [1.165, 1.54) is 0 Å². The largest absolute Gasteiger partial charge is 0.388 e. The normalized spacial score (nSPS) is 10.2. The van der Waals surface area contributed by atoms with Gasteiger partial charge in [-0.2, -0.15) is 0 Å². The molecule has 0 bridgehead atoms. The molecule has 0 fully saturated rings. The van der Waals surface area contributed by atoms with E-state index < -0.39 is 0 Å². The number of nitrogens with zero attached hydrogens (tertiary/aromatic N) is 3. The molecule has 3 N–H and O–H groups in total. The third-order valence-electron chi connectivity index (χ3n) is 2.07. The molecule has 1 aromatic heterocycles.